The van der Waals surface area contributed by atoms with Crippen LogP contribution in [0.5, 0.6) is 0 Å². The highest BCUT2D eigenvalue weighted by Crippen LogP contribution is 2.26. The van der Waals surface area contributed by atoms with E-state index in [0.717, 1.165) is 24.3 Å². The summed E-state index contributed by atoms with van der Waals surface area (Å²) in [5, 5.41) is -0.105. The van der Waals surface area contributed by atoms with E-state index in [1.165, 1.54) is 12.1 Å². The third kappa shape index (κ3) is 2.52. The Morgan fingerprint density at radius 3 is 2.17 bits per heavy atom. The van der Waals surface area contributed by atoms with Crippen LogP contribution in [-0.2, 0) is 0 Å². The molecule has 1 nitrogen and oxygen atoms in total. The van der Waals surface area contributed by atoms with Gasteiger partial charge in [0.15, 0.2) is 5.78 Å². The maximum atomic E-state index is 13.3. The van der Waals surface area contributed by atoms with Crippen LogP contribution in [0.25, 0.3) is 0 Å². The number of rotatable bonds is 2. The number of carbonyl (C=O) groups excluding carboxylic acids is 1. The number of hydrogen-bond donors (Lipinski definition) is 0. The van der Waals surface area contributed by atoms with Gasteiger partial charge >= 0.3 is 0 Å². The van der Waals surface area contributed by atoms with Gasteiger partial charge in [-0.3, -0.25) is 4.79 Å². The highest BCUT2D eigenvalue weighted by atomic mass is 35.5. The molecule has 5 heteroatoms. The predicted molar refractivity (Wildman–Crippen MR) is 66.3 cm³/mol. The molecule has 0 heterocycles. The van der Waals surface area contributed by atoms with E-state index in [0.29, 0.717) is 0 Å². The van der Waals surface area contributed by atoms with E-state index in [4.69, 9.17) is 23.2 Å². The molecule has 2 aromatic carbocycles. The quantitative estimate of drug-likeness (QED) is 0.587. The molecule has 0 saturated heterocycles. The fraction of sp³-hybridized carbons (Fsp3) is 0. The molecule has 0 aliphatic carbocycles. The summed E-state index contributed by atoms with van der Waals surface area (Å²) < 4.78 is 26.0. The van der Waals surface area contributed by atoms with E-state index in [1.807, 2.05) is 0 Å². The summed E-state index contributed by atoms with van der Waals surface area (Å²) >= 11 is 11.4. The molecule has 18 heavy (non-hydrogen) atoms. The van der Waals surface area contributed by atoms with E-state index in [-0.39, 0.29) is 21.2 Å². The normalized spacial score (nSPS) is 10.4. The van der Waals surface area contributed by atoms with Crippen molar-refractivity contribution in [1.29, 1.82) is 0 Å². The second-order valence-electron chi connectivity index (χ2n) is 3.58. The highest BCUT2D eigenvalue weighted by molar-refractivity contribution is 6.37. The van der Waals surface area contributed by atoms with Gasteiger partial charge in [-0.1, -0.05) is 23.2 Å². The van der Waals surface area contributed by atoms with Gasteiger partial charge in [0, 0.05) is 11.1 Å². The third-order valence-corrected chi connectivity index (χ3v) is 2.96. The van der Waals surface area contributed by atoms with Gasteiger partial charge in [-0.15, -0.1) is 0 Å². The standard InChI is InChI=1S/C13H6Cl2F2O/c14-10-6-11(15)12(17)5-9(10)13(18)7-1-3-8(16)4-2-7/h1-6H. The summed E-state index contributed by atoms with van der Waals surface area (Å²) in [7, 11) is 0. The number of carbonyl (C=O) groups is 1. The van der Waals surface area contributed by atoms with Crippen molar-refractivity contribution in [2.45, 2.75) is 0 Å². The van der Waals surface area contributed by atoms with Crippen molar-refractivity contribution in [3.8, 4) is 0 Å². The fourth-order valence-electron chi connectivity index (χ4n) is 1.45. The molecule has 0 saturated carbocycles. The molecule has 0 aliphatic heterocycles. The molecular formula is C13H6Cl2F2O. The maximum absolute atomic E-state index is 13.3. The van der Waals surface area contributed by atoms with E-state index < -0.39 is 17.4 Å². The number of hydrogen-bond acceptors (Lipinski definition) is 1. The van der Waals surface area contributed by atoms with Gasteiger partial charge in [0.2, 0.25) is 0 Å². The van der Waals surface area contributed by atoms with Crippen molar-refractivity contribution in [2.24, 2.45) is 0 Å². The molecule has 92 valence electrons. The second kappa shape index (κ2) is 5.04. The second-order valence-corrected chi connectivity index (χ2v) is 4.40. The lowest BCUT2D eigenvalue weighted by molar-refractivity contribution is 0.103. The monoisotopic (exact) mass is 286 g/mol. The average molecular weight is 287 g/mol. The molecule has 0 bridgehead atoms. The van der Waals surface area contributed by atoms with Crippen molar-refractivity contribution in [3.05, 3.63) is 69.2 Å². The molecule has 0 N–H and O–H groups in total. The minimum atomic E-state index is -0.730. The molecule has 2 aromatic rings. The largest absolute Gasteiger partial charge is 0.289 e. The zero-order valence-electron chi connectivity index (χ0n) is 8.88. The van der Waals surface area contributed by atoms with Gasteiger partial charge < -0.3 is 0 Å². The first-order valence-electron chi connectivity index (χ1n) is 4.94. The number of halogens is 4. The van der Waals surface area contributed by atoms with E-state index in [2.05, 4.69) is 0 Å². The van der Waals surface area contributed by atoms with Crippen LogP contribution in [0.4, 0.5) is 8.78 Å². The summed E-state index contributed by atoms with van der Waals surface area (Å²) in [5.74, 6) is -1.68. The van der Waals surface area contributed by atoms with Gasteiger partial charge in [0.1, 0.15) is 11.6 Å². The van der Waals surface area contributed by atoms with Gasteiger partial charge in [0.05, 0.1) is 10.0 Å². The van der Waals surface area contributed by atoms with Crippen LogP contribution in [0, 0.1) is 11.6 Å². The lowest BCUT2D eigenvalue weighted by Gasteiger charge is -2.05. The minimum absolute atomic E-state index is 0.00910. The van der Waals surface area contributed by atoms with Crippen molar-refractivity contribution >= 4 is 29.0 Å². The Labute approximate surface area is 112 Å². The summed E-state index contributed by atoms with van der Waals surface area (Å²) in [5.41, 5.74) is 0.213. The first-order chi connectivity index (χ1) is 8.49. The van der Waals surface area contributed by atoms with E-state index >= 15 is 0 Å². The summed E-state index contributed by atoms with van der Waals surface area (Å²) in [6.45, 7) is 0. The Morgan fingerprint density at radius 1 is 0.944 bits per heavy atom. The van der Waals surface area contributed by atoms with Crippen molar-refractivity contribution in [2.75, 3.05) is 0 Å². The molecule has 0 fully saturated rings. The van der Waals surface area contributed by atoms with Crippen molar-refractivity contribution in [1.82, 2.24) is 0 Å². The molecule has 0 aromatic heterocycles. The molecule has 0 atom stereocenters. The molecule has 0 amide bonds. The van der Waals surface area contributed by atoms with Crippen LogP contribution < -0.4 is 0 Å². The molecular weight excluding hydrogens is 281 g/mol. The maximum Gasteiger partial charge on any atom is 0.194 e. The summed E-state index contributed by atoms with van der Waals surface area (Å²) in [6.07, 6.45) is 0. The number of ketones is 1. The highest BCUT2D eigenvalue weighted by Gasteiger charge is 2.15. The Bertz CT molecular complexity index is 609. The fourth-order valence-corrected chi connectivity index (χ4v) is 1.92. The smallest absolute Gasteiger partial charge is 0.194 e. The van der Waals surface area contributed by atoms with Crippen LogP contribution in [0.1, 0.15) is 15.9 Å². The Morgan fingerprint density at radius 2 is 1.56 bits per heavy atom. The lowest BCUT2D eigenvalue weighted by Crippen LogP contribution is -2.03. The van der Waals surface area contributed by atoms with Crippen molar-refractivity contribution in [3.63, 3.8) is 0 Å². The van der Waals surface area contributed by atoms with Crippen LogP contribution in [0.15, 0.2) is 36.4 Å². The lowest BCUT2D eigenvalue weighted by atomic mass is 10.0. The van der Waals surface area contributed by atoms with Crippen molar-refractivity contribution < 1.29 is 13.6 Å². The van der Waals surface area contributed by atoms with Gasteiger partial charge in [-0.05, 0) is 36.4 Å². The topological polar surface area (TPSA) is 17.1 Å². The Hall–Kier alpha value is -1.45. The summed E-state index contributed by atoms with van der Waals surface area (Å²) in [6, 6.07) is 7.04. The van der Waals surface area contributed by atoms with E-state index in [9.17, 15) is 13.6 Å². The molecule has 0 aliphatic rings. The van der Waals surface area contributed by atoms with Crippen LogP contribution in [-0.4, -0.2) is 5.78 Å². The van der Waals surface area contributed by atoms with Gasteiger partial charge in [-0.2, -0.15) is 0 Å². The molecule has 0 radical (unpaired) electrons. The van der Waals surface area contributed by atoms with Crippen LogP contribution in [0.2, 0.25) is 10.0 Å². The zero-order valence-corrected chi connectivity index (χ0v) is 10.4. The third-order valence-electron chi connectivity index (χ3n) is 2.36. The van der Waals surface area contributed by atoms with Crippen LogP contribution >= 0.6 is 23.2 Å². The van der Waals surface area contributed by atoms with Crippen LogP contribution in [0.3, 0.4) is 0 Å². The van der Waals surface area contributed by atoms with E-state index in [1.54, 1.807) is 0 Å². The first kappa shape index (κ1) is 13.0. The number of benzene rings is 2. The van der Waals surface area contributed by atoms with Gasteiger partial charge in [-0.25, -0.2) is 8.78 Å². The van der Waals surface area contributed by atoms with Gasteiger partial charge in [0.25, 0.3) is 0 Å². The predicted octanol–water partition coefficient (Wildman–Crippen LogP) is 4.50. The Balaban J connectivity index is 2.46. The molecule has 0 unspecified atom stereocenters. The summed E-state index contributed by atoms with van der Waals surface area (Å²) in [4.78, 5) is 12.0. The molecule has 0 spiro atoms. The first-order valence-corrected chi connectivity index (χ1v) is 5.69. The average Bonchev–Trinajstić information content (AvgIpc) is 2.34. The molecule has 2 rings (SSSR count). The minimum Gasteiger partial charge on any atom is -0.289 e. The Kier molecular flexibility index (Phi) is 3.64. The SMILES string of the molecule is O=C(c1ccc(F)cc1)c1cc(F)c(Cl)cc1Cl. The zero-order chi connectivity index (χ0) is 13.3.